The molecule has 0 amide bonds. The van der Waals surface area contributed by atoms with Crippen LogP contribution in [0, 0.1) is 41.4 Å². The molecule has 5 aliphatic rings. The first-order chi connectivity index (χ1) is 11.2. The van der Waals surface area contributed by atoms with Crippen LogP contribution in [-0.4, -0.2) is 24.6 Å². The van der Waals surface area contributed by atoms with Crippen LogP contribution >= 0.6 is 0 Å². The van der Waals surface area contributed by atoms with E-state index in [0.717, 1.165) is 42.4 Å². The summed E-state index contributed by atoms with van der Waals surface area (Å²) in [5.41, 5.74) is 0. The van der Waals surface area contributed by atoms with Crippen LogP contribution in [0.25, 0.3) is 0 Å². The van der Waals surface area contributed by atoms with Gasteiger partial charge in [-0.1, -0.05) is 12.2 Å². The zero-order chi connectivity index (χ0) is 15.6. The molecule has 0 aromatic rings. The molecule has 4 aliphatic carbocycles. The first kappa shape index (κ1) is 14.1. The quantitative estimate of drug-likeness (QED) is 0.455. The zero-order valence-electron chi connectivity index (χ0n) is 13.4. The molecule has 8 atom stereocenters. The Bertz CT molecular complexity index is 568. The fourth-order valence-corrected chi connectivity index (χ4v) is 6.47. The van der Waals surface area contributed by atoms with Gasteiger partial charge >= 0.3 is 11.9 Å². The third kappa shape index (κ3) is 2.10. The largest absolute Gasteiger partial charge is 0.465 e. The normalized spacial score (nSPS) is 48.8. The van der Waals surface area contributed by atoms with Crippen LogP contribution in [0.1, 0.15) is 38.5 Å². The van der Waals surface area contributed by atoms with E-state index in [1.165, 1.54) is 12.8 Å². The second kappa shape index (κ2) is 5.09. The molecule has 0 radical (unpaired) electrons. The number of allylic oxidation sites excluding steroid dienone is 2. The van der Waals surface area contributed by atoms with Crippen LogP contribution in [0.2, 0.25) is 0 Å². The van der Waals surface area contributed by atoms with Gasteiger partial charge in [0, 0.05) is 12.8 Å². The van der Waals surface area contributed by atoms with E-state index >= 15 is 0 Å². The van der Waals surface area contributed by atoms with Gasteiger partial charge in [-0.15, -0.1) is 0 Å². The van der Waals surface area contributed by atoms with Gasteiger partial charge in [-0.05, 0) is 61.2 Å². The molecule has 4 bridgehead atoms. The van der Waals surface area contributed by atoms with Crippen LogP contribution in [0.15, 0.2) is 12.2 Å². The molecule has 1 heterocycles. The molecule has 23 heavy (non-hydrogen) atoms. The minimum atomic E-state index is -0.121. The van der Waals surface area contributed by atoms with Crippen molar-refractivity contribution < 1.29 is 19.1 Å². The summed E-state index contributed by atoms with van der Waals surface area (Å²) in [6.45, 7) is 0.394. The predicted molar refractivity (Wildman–Crippen MR) is 82.1 cm³/mol. The molecule has 0 N–H and O–H groups in total. The molecular weight excluding hydrogens is 292 g/mol. The second-order valence-electron chi connectivity index (χ2n) is 8.21. The minimum Gasteiger partial charge on any atom is -0.465 e. The summed E-state index contributed by atoms with van der Waals surface area (Å²) >= 11 is 0. The van der Waals surface area contributed by atoms with Crippen molar-refractivity contribution >= 4 is 11.9 Å². The highest BCUT2D eigenvalue weighted by Crippen LogP contribution is 2.67. The number of carbonyl (C=O) groups excluding carboxylic acids is 2. The maximum atomic E-state index is 12.5. The Kier molecular flexibility index (Phi) is 3.11. The van der Waals surface area contributed by atoms with Crippen molar-refractivity contribution in [3.8, 4) is 0 Å². The number of fused-ring (bicyclic) bond motifs is 9. The summed E-state index contributed by atoms with van der Waals surface area (Å²) < 4.78 is 10.7. The van der Waals surface area contributed by atoms with E-state index in [0.29, 0.717) is 25.4 Å². The van der Waals surface area contributed by atoms with Crippen LogP contribution in [0.4, 0.5) is 0 Å². The van der Waals surface area contributed by atoms with Gasteiger partial charge in [0.15, 0.2) is 0 Å². The molecule has 4 fully saturated rings. The van der Waals surface area contributed by atoms with Crippen LogP contribution in [0.3, 0.4) is 0 Å². The third-order valence-corrected chi connectivity index (χ3v) is 7.23. The highest BCUT2D eigenvalue weighted by atomic mass is 16.6. The van der Waals surface area contributed by atoms with Gasteiger partial charge in [0.1, 0.15) is 6.10 Å². The van der Waals surface area contributed by atoms with Crippen LogP contribution in [-0.2, 0) is 19.1 Å². The van der Waals surface area contributed by atoms with Crippen molar-refractivity contribution in [2.75, 3.05) is 6.61 Å². The molecule has 4 nitrogen and oxygen atoms in total. The third-order valence-electron chi connectivity index (χ3n) is 7.23. The van der Waals surface area contributed by atoms with Crippen molar-refractivity contribution in [2.45, 2.75) is 44.6 Å². The molecule has 3 saturated carbocycles. The van der Waals surface area contributed by atoms with E-state index in [2.05, 4.69) is 12.2 Å². The lowest BCUT2D eigenvalue weighted by Gasteiger charge is -2.35. The average molecular weight is 316 g/mol. The lowest BCUT2D eigenvalue weighted by Crippen LogP contribution is -2.35. The Morgan fingerprint density at radius 2 is 2.00 bits per heavy atom. The number of ether oxygens (including phenoxy) is 2. The van der Waals surface area contributed by atoms with E-state index in [4.69, 9.17) is 9.47 Å². The van der Waals surface area contributed by atoms with Gasteiger partial charge in [0.05, 0.1) is 12.5 Å². The summed E-state index contributed by atoms with van der Waals surface area (Å²) in [6, 6.07) is 0. The topological polar surface area (TPSA) is 52.6 Å². The van der Waals surface area contributed by atoms with Crippen molar-refractivity contribution in [3.63, 3.8) is 0 Å². The second-order valence-corrected chi connectivity index (χ2v) is 8.21. The average Bonchev–Trinajstić information content (AvgIpc) is 3.32. The number of hydrogen-bond donors (Lipinski definition) is 0. The fraction of sp³-hybridized carbons (Fsp3) is 0.789. The number of carbonyl (C=O) groups is 2. The van der Waals surface area contributed by atoms with E-state index in [1.807, 2.05) is 0 Å². The number of cyclic esters (lactones) is 1. The molecule has 8 unspecified atom stereocenters. The molecule has 124 valence electrons. The molecule has 5 rings (SSSR count). The smallest absolute Gasteiger partial charge is 0.309 e. The van der Waals surface area contributed by atoms with Crippen LogP contribution < -0.4 is 0 Å². The molecule has 0 aromatic carbocycles. The fourth-order valence-electron chi connectivity index (χ4n) is 6.47. The summed E-state index contributed by atoms with van der Waals surface area (Å²) in [6.07, 6.45) is 10.3. The van der Waals surface area contributed by atoms with Gasteiger partial charge in [-0.25, -0.2) is 0 Å². The Labute approximate surface area is 136 Å². The highest BCUT2D eigenvalue weighted by Gasteiger charge is 2.62. The van der Waals surface area contributed by atoms with Gasteiger partial charge in [-0.3, -0.25) is 9.59 Å². The zero-order valence-corrected chi connectivity index (χ0v) is 13.4. The lowest BCUT2D eigenvalue weighted by atomic mass is 9.69. The Balaban J connectivity index is 1.17. The highest BCUT2D eigenvalue weighted by molar-refractivity contribution is 5.74. The maximum absolute atomic E-state index is 12.5. The van der Waals surface area contributed by atoms with Gasteiger partial charge in [0.2, 0.25) is 0 Å². The molecule has 4 heteroatoms. The standard InChI is InChI=1S/C19H24O4/c20-16-4-3-13(23-16)5-6-22-19(21)15-9-12-8-14(15)18-11-2-1-10(7-11)17(12)18/h1-2,10-15,17-18H,3-9H2. The maximum Gasteiger partial charge on any atom is 0.309 e. The first-order valence-corrected chi connectivity index (χ1v) is 9.25. The van der Waals surface area contributed by atoms with Crippen LogP contribution in [0.5, 0.6) is 0 Å². The Morgan fingerprint density at radius 3 is 2.78 bits per heavy atom. The van der Waals surface area contributed by atoms with E-state index in [1.54, 1.807) is 0 Å². The predicted octanol–water partition coefficient (Wildman–Crippen LogP) is 2.72. The van der Waals surface area contributed by atoms with Gasteiger partial charge in [-0.2, -0.15) is 0 Å². The summed E-state index contributed by atoms with van der Waals surface area (Å²) in [7, 11) is 0. The monoisotopic (exact) mass is 316 g/mol. The summed E-state index contributed by atoms with van der Waals surface area (Å²) in [4.78, 5) is 23.6. The minimum absolute atomic E-state index is 0.00651. The van der Waals surface area contributed by atoms with Crippen molar-refractivity contribution in [1.82, 2.24) is 0 Å². The van der Waals surface area contributed by atoms with E-state index in [9.17, 15) is 9.59 Å². The number of hydrogen-bond acceptors (Lipinski definition) is 4. The molecule has 0 spiro atoms. The first-order valence-electron chi connectivity index (χ1n) is 9.25. The molecule has 0 aromatic heterocycles. The summed E-state index contributed by atoms with van der Waals surface area (Å²) in [5.74, 6) is 4.45. The molecule has 1 saturated heterocycles. The molecular formula is C19H24O4. The van der Waals surface area contributed by atoms with Crippen molar-refractivity contribution in [3.05, 3.63) is 12.2 Å². The molecule has 1 aliphatic heterocycles. The Hall–Kier alpha value is -1.32. The van der Waals surface area contributed by atoms with Crippen molar-refractivity contribution in [1.29, 1.82) is 0 Å². The van der Waals surface area contributed by atoms with Crippen molar-refractivity contribution in [2.24, 2.45) is 41.4 Å². The summed E-state index contributed by atoms with van der Waals surface area (Å²) in [5, 5.41) is 0. The SMILES string of the molecule is O=C1CCC(CCOC(=O)C2CC3CC2C2C4C=CC(C4)C32)O1. The lowest BCUT2D eigenvalue weighted by molar-refractivity contribution is -0.153. The van der Waals surface area contributed by atoms with Gasteiger partial charge < -0.3 is 9.47 Å². The van der Waals surface area contributed by atoms with E-state index in [-0.39, 0.29) is 24.0 Å². The number of rotatable bonds is 4. The van der Waals surface area contributed by atoms with Gasteiger partial charge in [0.25, 0.3) is 0 Å². The van der Waals surface area contributed by atoms with E-state index < -0.39 is 0 Å². The number of esters is 2. The Morgan fingerprint density at radius 1 is 1.17 bits per heavy atom.